The Bertz CT molecular complexity index is 315. The maximum atomic E-state index is 12.3. The molecule has 4 nitrogen and oxygen atoms in total. The fourth-order valence-corrected chi connectivity index (χ4v) is 4.05. The van der Waals surface area contributed by atoms with E-state index in [0.717, 1.165) is 44.5 Å². The van der Waals surface area contributed by atoms with Crippen LogP contribution in [-0.2, 0) is 9.59 Å². The van der Waals surface area contributed by atoms with Gasteiger partial charge in [-0.3, -0.25) is 9.59 Å². The number of carbonyl (C=O) groups excluding carboxylic acids is 1. The highest BCUT2D eigenvalue weighted by Crippen LogP contribution is 2.30. The van der Waals surface area contributed by atoms with Crippen molar-refractivity contribution in [3.8, 4) is 0 Å². The Morgan fingerprint density at radius 3 is 2.78 bits per heavy atom. The summed E-state index contributed by atoms with van der Waals surface area (Å²) in [5.74, 6) is 1.04. The minimum Gasteiger partial charge on any atom is -0.481 e. The van der Waals surface area contributed by atoms with Crippen molar-refractivity contribution in [3.63, 3.8) is 0 Å². The number of piperidine rings is 1. The molecule has 0 spiro atoms. The van der Waals surface area contributed by atoms with Crippen LogP contribution >= 0.6 is 11.8 Å². The molecule has 0 aromatic carbocycles. The fraction of sp³-hybridized carbons (Fsp3) is 0.846. The fourth-order valence-electron chi connectivity index (χ4n) is 2.80. The SMILES string of the molecule is O=C(O)CCC1CCCN(C(=O)C2CCCS2)C1. The van der Waals surface area contributed by atoms with Crippen molar-refractivity contribution < 1.29 is 14.7 Å². The molecule has 2 aliphatic rings. The molecule has 2 saturated heterocycles. The second-order valence-corrected chi connectivity index (χ2v) is 6.54. The number of hydrogen-bond acceptors (Lipinski definition) is 3. The maximum absolute atomic E-state index is 12.3. The zero-order chi connectivity index (χ0) is 13.0. The topological polar surface area (TPSA) is 57.6 Å². The van der Waals surface area contributed by atoms with Crippen molar-refractivity contribution in [2.75, 3.05) is 18.8 Å². The van der Waals surface area contributed by atoms with Crippen molar-refractivity contribution in [2.45, 2.75) is 43.8 Å². The second-order valence-electron chi connectivity index (χ2n) is 5.23. The number of thioether (sulfide) groups is 1. The quantitative estimate of drug-likeness (QED) is 0.849. The molecule has 5 heteroatoms. The van der Waals surface area contributed by atoms with Gasteiger partial charge in [-0.15, -0.1) is 11.8 Å². The van der Waals surface area contributed by atoms with Crippen LogP contribution in [0.5, 0.6) is 0 Å². The first-order valence-corrected chi connectivity index (χ1v) is 7.84. The molecule has 0 saturated carbocycles. The van der Waals surface area contributed by atoms with Crippen LogP contribution in [0.15, 0.2) is 0 Å². The van der Waals surface area contributed by atoms with Gasteiger partial charge in [0.05, 0.1) is 5.25 Å². The molecule has 0 aromatic rings. The third kappa shape index (κ3) is 3.64. The van der Waals surface area contributed by atoms with Crippen LogP contribution in [0.3, 0.4) is 0 Å². The van der Waals surface area contributed by atoms with E-state index in [9.17, 15) is 9.59 Å². The molecule has 2 atom stereocenters. The lowest BCUT2D eigenvalue weighted by Gasteiger charge is -2.34. The summed E-state index contributed by atoms with van der Waals surface area (Å²) in [5.41, 5.74) is 0. The summed E-state index contributed by atoms with van der Waals surface area (Å²) >= 11 is 1.78. The standard InChI is InChI=1S/C13H21NO3S/c15-12(16)6-5-10-3-1-7-14(9-10)13(17)11-4-2-8-18-11/h10-11H,1-9H2,(H,15,16). The third-order valence-electron chi connectivity index (χ3n) is 3.80. The smallest absolute Gasteiger partial charge is 0.303 e. The Labute approximate surface area is 112 Å². The number of likely N-dealkylation sites (tertiary alicyclic amines) is 1. The van der Waals surface area contributed by atoms with Gasteiger partial charge < -0.3 is 10.0 Å². The molecule has 0 aliphatic carbocycles. The van der Waals surface area contributed by atoms with Gasteiger partial charge in [0.25, 0.3) is 0 Å². The van der Waals surface area contributed by atoms with Crippen LogP contribution in [0.2, 0.25) is 0 Å². The highest BCUT2D eigenvalue weighted by atomic mass is 32.2. The first kappa shape index (κ1) is 13.7. The van der Waals surface area contributed by atoms with Crippen LogP contribution in [0.4, 0.5) is 0 Å². The molecule has 1 N–H and O–H groups in total. The number of carboxylic acids is 1. The number of aliphatic carboxylic acids is 1. The van der Waals surface area contributed by atoms with Gasteiger partial charge in [0.2, 0.25) is 5.91 Å². The van der Waals surface area contributed by atoms with Gasteiger partial charge in [-0.1, -0.05) is 0 Å². The Hall–Kier alpha value is -0.710. The lowest BCUT2D eigenvalue weighted by atomic mass is 9.93. The van der Waals surface area contributed by atoms with Crippen molar-refractivity contribution >= 4 is 23.6 Å². The molecule has 102 valence electrons. The van der Waals surface area contributed by atoms with E-state index in [1.54, 1.807) is 11.8 Å². The van der Waals surface area contributed by atoms with Crippen LogP contribution < -0.4 is 0 Å². The Balaban J connectivity index is 1.81. The van der Waals surface area contributed by atoms with E-state index in [2.05, 4.69) is 0 Å². The van der Waals surface area contributed by atoms with Gasteiger partial charge in [-0.2, -0.15) is 0 Å². The van der Waals surface area contributed by atoms with Gasteiger partial charge >= 0.3 is 5.97 Å². The molecule has 1 amide bonds. The Kier molecular flexibility index (Phi) is 4.92. The average Bonchev–Trinajstić information content (AvgIpc) is 2.89. The number of amides is 1. The van der Waals surface area contributed by atoms with E-state index >= 15 is 0 Å². The summed E-state index contributed by atoms with van der Waals surface area (Å²) in [5, 5.41) is 8.88. The Morgan fingerprint density at radius 2 is 2.11 bits per heavy atom. The van der Waals surface area contributed by atoms with E-state index in [1.165, 1.54) is 0 Å². The van der Waals surface area contributed by atoms with Crippen molar-refractivity contribution in [1.29, 1.82) is 0 Å². The van der Waals surface area contributed by atoms with Gasteiger partial charge in [-0.25, -0.2) is 0 Å². The van der Waals surface area contributed by atoms with Crippen LogP contribution in [0.1, 0.15) is 38.5 Å². The number of nitrogens with zero attached hydrogens (tertiary/aromatic N) is 1. The van der Waals surface area contributed by atoms with Gasteiger partial charge in [-0.05, 0) is 43.8 Å². The zero-order valence-electron chi connectivity index (χ0n) is 10.6. The van der Waals surface area contributed by atoms with Crippen LogP contribution in [0.25, 0.3) is 0 Å². The second kappa shape index (κ2) is 6.45. The molecule has 0 radical (unpaired) electrons. The Morgan fingerprint density at radius 1 is 1.28 bits per heavy atom. The summed E-state index contributed by atoms with van der Waals surface area (Å²) < 4.78 is 0. The summed E-state index contributed by atoms with van der Waals surface area (Å²) in [6.45, 7) is 1.63. The summed E-state index contributed by atoms with van der Waals surface area (Å²) in [6, 6.07) is 0. The summed E-state index contributed by atoms with van der Waals surface area (Å²) in [6.07, 6.45) is 5.18. The van der Waals surface area contributed by atoms with Crippen molar-refractivity contribution in [2.24, 2.45) is 5.92 Å². The minimum absolute atomic E-state index is 0.170. The van der Waals surface area contributed by atoms with Gasteiger partial charge in [0.15, 0.2) is 0 Å². The number of hydrogen-bond donors (Lipinski definition) is 1. The first-order valence-electron chi connectivity index (χ1n) is 6.79. The zero-order valence-corrected chi connectivity index (χ0v) is 11.5. The van der Waals surface area contributed by atoms with Gasteiger partial charge in [0.1, 0.15) is 0 Å². The monoisotopic (exact) mass is 271 g/mol. The number of carboxylic acid groups (broad SMARTS) is 1. The normalized spacial score (nSPS) is 28.3. The molecular weight excluding hydrogens is 250 g/mol. The van der Waals surface area contributed by atoms with E-state index in [-0.39, 0.29) is 17.6 Å². The van der Waals surface area contributed by atoms with Crippen molar-refractivity contribution in [1.82, 2.24) is 4.90 Å². The highest BCUT2D eigenvalue weighted by Gasteiger charge is 2.31. The van der Waals surface area contributed by atoms with E-state index < -0.39 is 5.97 Å². The van der Waals surface area contributed by atoms with E-state index in [1.807, 2.05) is 4.90 Å². The molecule has 0 aromatic heterocycles. The van der Waals surface area contributed by atoms with E-state index in [0.29, 0.717) is 12.3 Å². The number of rotatable bonds is 4. The largest absolute Gasteiger partial charge is 0.481 e. The molecule has 2 rings (SSSR count). The van der Waals surface area contributed by atoms with E-state index in [4.69, 9.17) is 5.11 Å². The predicted molar refractivity (Wildman–Crippen MR) is 71.7 cm³/mol. The highest BCUT2D eigenvalue weighted by molar-refractivity contribution is 8.00. The van der Waals surface area contributed by atoms with Crippen LogP contribution in [0, 0.1) is 5.92 Å². The maximum Gasteiger partial charge on any atom is 0.303 e. The van der Waals surface area contributed by atoms with Gasteiger partial charge in [0, 0.05) is 19.5 Å². The third-order valence-corrected chi connectivity index (χ3v) is 5.17. The molecule has 0 bridgehead atoms. The molecule has 2 unspecified atom stereocenters. The minimum atomic E-state index is -0.732. The molecule has 2 heterocycles. The summed E-state index contributed by atoms with van der Waals surface area (Å²) in [7, 11) is 0. The first-order chi connectivity index (χ1) is 8.66. The van der Waals surface area contributed by atoms with Crippen molar-refractivity contribution in [3.05, 3.63) is 0 Å². The summed E-state index contributed by atoms with van der Waals surface area (Å²) in [4.78, 5) is 24.8. The average molecular weight is 271 g/mol. The number of carbonyl (C=O) groups is 2. The molecule has 18 heavy (non-hydrogen) atoms. The molecular formula is C13H21NO3S. The lowest BCUT2D eigenvalue weighted by molar-refractivity contribution is -0.137. The lowest BCUT2D eigenvalue weighted by Crippen LogP contribution is -2.43. The van der Waals surface area contributed by atoms with Crippen LogP contribution in [-0.4, -0.2) is 46.0 Å². The predicted octanol–water partition coefficient (Wildman–Crippen LogP) is 1.99. The molecule has 2 fully saturated rings. The molecule has 2 aliphatic heterocycles.